The van der Waals surface area contributed by atoms with E-state index in [0.717, 1.165) is 12.1 Å². The van der Waals surface area contributed by atoms with Gasteiger partial charge in [-0.1, -0.05) is 24.3 Å². The van der Waals surface area contributed by atoms with Gasteiger partial charge in [0.1, 0.15) is 11.6 Å². The number of amidine groups is 1. The first-order chi connectivity index (χ1) is 8.72. The molecule has 0 bridgehead atoms. The zero-order valence-electron chi connectivity index (χ0n) is 9.40. The molecule has 0 unspecified atom stereocenters. The number of benzene rings is 2. The van der Waals surface area contributed by atoms with Crippen molar-refractivity contribution in [3.05, 3.63) is 65.7 Å². The highest BCUT2D eigenvalue weighted by molar-refractivity contribution is 6.00. The average Bonchev–Trinajstić information content (AvgIpc) is 2.38. The molecule has 3 N–H and O–H groups in total. The normalized spacial score (nSPS) is 11.4. The largest absolute Gasteiger partial charge is 0.308 e. The van der Waals surface area contributed by atoms with Crippen LogP contribution >= 0.6 is 0 Å². The van der Waals surface area contributed by atoms with Gasteiger partial charge in [0.2, 0.25) is 0 Å². The summed E-state index contributed by atoms with van der Waals surface area (Å²) >= 11 is 0. The fraction of sp³-hybridized carbons (Fsp3) is 0. The molecule has 0 radical (unpaired) electrons. The van der Waals surface area contributed by atoms with Crippen molar-refractivity contribution in [2.24, 2.45) is 10.8 Å². The van der Waals surface area contributed by atoms with Crippen LogP contribution in [0.3, 0.4) is 0 Å². The second-order valence-electron chi connectivity index (χ2n) is 3.54. The van der Waals surface area contributed by atoms with E-state index < -0.39 is 11.6 Å². The third-order valence-electron chi connectivity index (χ3n) is 2.33. The first-order valence-corrected chi connectivity index (χ1v) is 5.27. The Kier molecular flexibility index (Phi) is 3.64. The van der Waals surface area contributed by atoms with Gasteiger partial charge in [-0.2, -0.15) is 0 Å². The number of hydrogen-bond donors (Lipinski definition) is 2. The van der Waals surface area contributed by atoms with E-state index in [9.17, 15) is 8.78 Å². The number of hydrazine groups is 1. The highest BCUT2D eigenvalue weighted by Gasteiger charge is 2.14. The van der Waals surface area contributed by atoms with E-state index >= 15 is 0 Å². The fourth-order valence-corrected chi connectivity index (χ4v) is 1.52. The van der Waals surface area contributed by atoms with Crippen molar-refractivity contribution in [1.82, 2.24) is 5.43 Å². The maximum absolute atomic E-state index is 13.6. The van der Waals surface area contributed by atoms with Crippen LogP contribution in [0.2, 0.25) is 0 Å². The molecule has 5 heteroatoms. The fourth-order valence-electron chi connectivity index (χ4n) is 1.52. The molecule has 0 fully saturated rings. The van der Waals surface area contributed by atoms with Gasteiger partial charge in [-0.3, -0.25) is 0 Å². The molecule has 0 spiro atoms. The van der Waals surface area contributed by atoms with Gasteiger partial charge in [0, 0.05) is 0 Å². The minimum absolute atomic E-state index is 0.0585. The molecule has 3 nitrogen and oxygen atoms in total. The third kappa shape index (κ3) is 2.52. The summed E-state index contributed by atoms with van der Waals surface area (Å²) in [7, 11) is 0. The molecule has 0 atom stereocenters. The van der Waals surface area contributed by atoms with Gasteiger partial charge in [-0.05, 0) is 24.3 Å². The minimum Gasteiger partial charge on any atom is -0.308 e. The molecule has 2 aromatic rings. The summed E-state index contributed by atoms with van der Waals surface area (Å²) in [5.41, 5.74) is 2.49. The maximum atomic E-state index is 13.6. The van der Waals surface area contributed by atoms with E-state index in [4.69, 9.17) is 5.84 Å². The second kappa shape index (κ2) is 5.37. The monoisotopic (exact) mass is 247 g/mol. The quantitative estimate of drug-likeness (QED) is 0.371. The predicted molar refractivity (Wildman–Crippen MR) is 66.3 cm³/mol. The van der Waals surface area contributed by atoms with Gasteiger partial charge in [0.05, 0.1) is 11.3 Å². The molecule has 0 heterocycles. The number of nitrogens with zero attached hydrogens (tertiary/aromatic N) is 1. The molecule has 18 heavy (non-hydrogen) atoms. The summed E-state index contributed by atoms with van der Waals surface area (Å²) in [5, 5.41) is 0. The summed E-state index contributed by atoms with van der Waals surface area (Å²) in [5.74, 6) is 3.78. The van der Waals surface area contributed by atoms with Crippen LogP contribution in [-0.4, -0.2) is 5.84 Å². The summed E-state index contributed by atoms with van der Waals surface area (Å²) < 4.78 is 27.1. The Morgan fingerprint density at radius 2 is 1.56 bits per heavy atom. The summed E-state index contributed by atoms with van der Waals surface area (Å²) in [6.07, 6.45) is 0. The molecule has 0 saturated carbocycles. The molecular weight excluding hydrogens is 236 g/mol. The third-order valence-corrected chi connectivity index (χ3v) is 2.33. The Bertz CT molecular complexity index is 547. The van der Waals surface area contributed by atoms with Crippen molar-refractivity contribution in [3.8, 4) is 0 Å². The lowest BCUT2D eigenvalue weighted by Crippen LogP contribution is -2.32. The molecule has 92 valence electrons. The van der Waals surface area contributed by atoms with Crippen molar-refractivity contribution >= 4 is 11.5 Å². The molecule has 0 aromatic heterocycles. The van der Waals surface area contributed by atoms with Gasteiger partial charge >= 0.3 is 0 Å². The lowest BCUT2D eigenvalue weighted by molar-refractivity contribution is 0.577. The van der Waals surface area contributed by atoms with E-state index in [1.807, 2.05) is 6.07 Å². The number of para-hydroxylation sites is 1. The Hall–Kier alpha value is -2.27. The lowest BCUT2D eigenvalue weighted by Gasteiger charge is -2.08. The van der Waals surface area contributed by atoms with Crippen molar-refractivity contribution in [2.75, 3.05) is 0 Å². The van der Waals surface area contributed by atoms with E-state index in [0.29, 0.717) is 5.69 Å². The Labute approximate surface area is 103 Å². The zero-order chi connectivity index (χ0) is 13.0. The van der Waals surface area contributed by atoms with Gasteiger partial charge in [0.15, 0.2) is 5.84 Å². The molecule has 2 rings (SSSR count). The standard InChI is InChI=1S/C13H11F2N3/c14-10-7-4-8-11(15)12(10)13(18-16)17-9-5-2-1-3-6-9/h1-8H,16H2,(H,17,18). The van der Waals surface area contributed by atoms with Gasteiger partial charge in [0.25, 0.3) is 0 Å². The Balaban J connectivity index is 2.49. The van der Waals surface area contributed by atoms with E-state index in [1.165, 1.54) is 6.07 Å². The minimum atomic E-state index is -0.720. The number of nitrogens with one attached hydrogen (secondary N) is 1. The van der Waals surface area contributed by atoms with Crippen molar-refractivity contribution in [3.63, 3.8) is 0 Å². The number of rotatable bonds is 2. The number of halogens is 2. The predicted octanol–water partition coefficient (Wildman–Crippen LogP) is 2.51. The van der Waals surface area contributed by atoms with Crippen LogP contribution in [0.4, 0.5) is 14.5 Å². The molecule has 0 amide bonds. The molecule has 0 aliphatic rings. The van der Waals surface area contributed by atoms with Crippen LogP contribution in [-0.2, 0) is 0 Å². The molecule has 2 aromatic carbocycles. The number of aliphatic imine (C=N–C) groups is 1. The topological polar surface area (TPSA) is 50.4 Å². The first-order valence-electron chi connectivity index (χ1n) is 5.27. The van der Waals surface area contributed by atoms with Crippen LogP contribution in [0.15, 0.2) is 53.5 Å². The molecule has 0 aliphatic carbocycles. The highest BCUT2D eigenvalue weighted by Crippen LogP contribution is 2.16. The van der Waals surface area contributed by atoms with Crippen LogP contribution in [0.25, 0.3) is 0 Å². The average molecular weight is 247 g/mol. The summed E-state index contributed by atoms with van der Waals surface area (Å²) in [6, 6.07) is 12.3. The van der Waals surface area contributed by atoms with Gasteiger partial charge < -0.3 is 5.43 Å². The van der Waals surface area contributed by atoms with Crippen LogP contribution in [0.5, 0.6) is 0 Å². The van der Waals surface area contributed by atoms with Gasteiger partial charge in [-0.25, -0.2) is 19.6 Å². The Morgan fingerprint density at radius 1 is 0.944 bits per heavy atom. The van der Waals surface area contributed by atoms with Crippen LogP contribution in [0.1, 0.15) is 5.56 Å². The number of nitrogens with two attached hydrogens (primary N) is 1. The molecule has 0 aliphatic heterocycles. The van der Waals surface area contributed by atoms with Crippen LogP contribution < -0.4 is 11.3 Å². The van der Waals surface area contributed by atoms with E-state index in [1.54, 1.807) is 24.3 Å². The van der Waals surface area contributed by atoms with Crippen LogP contribution in [0, 0.1) is 11.6 Å². The SMILES string of the molecule is NNC(=Nc1ccccc1)c1c(F)cccc1F. The van der Waals surface area contributed by atoms with Crippen molar-refractivity contribution < 1.29 is 8.78 Å². The van der Waals surface area contributed by atoms with Crippen molar-refractivity contribution in [2.45, 2.75) is 0 Å². The number of hydrogen-bond acceptors (Lipinski definition) is 2. The zero-order valence-corrected chi connectivity index (χ0v) is 9.40. The summed E-state index contributed by atoms with van der Waals surface area (Å²) in [6.45, 7) is 0. The highest BCUT2D eigenvalue weighted by atomic mass is 19.1. The molecule has 0 saturated heterocycles. The second-order valence-corrected chi connectivity index (χ2v) is 3.54. The Morgan fingerprint density at radius 3 is 2.11 bits per heavy atom. The first kappa shape index (κ1) is 12.2. The lowest BCUT2D eigenvalue weighted by atomic mass is 10.2. The van der Waals surface area contributed by atoms with E-state index in [-0.39, 0.29) is 11.4 Å². The maximum Gasteiger partial charge on any atom is 0.153 e. The van der Waals surface area contributed by atoms with Crippen molar-refractivity contribution in [1.29, 1.82) is 0 Å². The smallest absolute Gasteiger partial charge is 0.153 e. The van der Waals surface area contributed by atoms with E-state index in [2.05, 4.69) is 10.4 Å². The summed E-state index contributed by atoms with van der Waals surface area (Å²) in [4.78, 5) is 4.07. The van der Waals surface area contributed by atoms with Gasteiger partial charge in [-0.15, -0.1) is 0 Å². The molecular formula is C13H11F2N3.